The molecule has 0 radical (unpaired) electrons. The van der Waals surface area contributed by atoms with E-state index >= 15 is 0 Å². The lowest BCUT2D eigenvalue weighted by Gasteiger charge is -2.00. The maximum Gasteiger partial charge on any atom is 0.399 e. The molecule has 0 unspecified atom stereocenters. The van der Waals surface area contributed by atoms with Gasteiger partial charge in [0.05, 0.1) is 24.9 Å². The summed E-state index contributed by atoms with van der Waals surface area (Å²) in [4.78, 5) is 20.4. The van der Waals surface area contributed by atoms with Crippen molar-refractivity contribution in [3.8, 4) is 0 Å². The highest BCUT2D eigenvalue weighted by atomic mass is 19.4. The molecule has 0 aliphatic rings. The van der Waals surface area contributed by atoms with E-state index in [1.165, 1.54) is 0 Å². The van der Waals surface area contributed by atoms with E-state index < -0.39 is 18.6 Å². The molecule has 0 aliphatic carbocycles. The third-order valence-electron chi connectivity index (χ3n) is 1.87. The fourth-order valence-electron chi connectivity index (χ4n) is 1.08. The second kappa shape index (κ2) is 8.95. The van der Waals surface area contributed by atoms with E-state index in [0.29, 0.717) is 18.7 Å². The zero-order chi connectivity index (χ0) is 16.5. The number of carboxylic acids is 1. The van der Waals surface area contributed by atoms with Gasteiger partial charge in [0.15, 0.2) is 0 Å². The maximum absolute atomic E-state index is 11.2. The predicted octanol–water partition coefficient (Wildman–Crippen LogP) is 1.42. The Bertz CT molecular complexity index is 460. The number of ether oxygens (including phenoxy) is 1. The monoisotopic (exact) mass is 311 g/mol. The van der Waals surface area contributed by atoms with Crippen molar-refractivity contribution in [3.05, 3.63) is 12.4 Å². The highest BCUT2D eigenvalue weighted by molar-refractivity contribution is 5.90. The molecule has 2 N–H and O–H groups in total. The van der Waals surface area contributed by atoms with Gasteiger partial charge in [0.1, 0.15) is 6.42 Å². The molecule has 1 amide bonds. The Morgan fingerprint density at radius 3 is 2.43 bits per heavy atom. The molecule has 0 aromatic carbocycles. The SMILES string of the molecule is COCCC(=O)Nc1cnn(C)c1.O=C(O)CC(F)(F)F. The molecule has 0 bridgehead atoms. The van der Waals surface area contributed by atoms with Crippen molar-refractivity contribution in [2.45, 2.75) is 19.0 Å². The quantitative estimate of drug-likeness (QED) is 0.858. The number of carbonyl (C=O) groups is 2. The second-order valence-corrected chi connectivity index (χ2v) is 3.88. The first-order chi connectivity index (χ1) is 9.64. The normalized spacial score (nSPS) is 10.5. The van der Waals surface area contributed by atoms with Gasteiger partial charge >= 0.3 is 12.1 Å². The van der Waals surface area contributed by atoms with Crippen LogP contribution in [0.4, 0.5) is 18.9 Å². The van der Waals surface area contributed by atoms with E-state index in [1.54, 1.807) is 31.2 Å². The van der Waals surface area contributed by atoms with Crippen LogP contribution >= 0.6 is 0 Å². The summed E-state index contributed by atoms with van der Waals surface area (Å²) in [5.41, 5.74) is 0.712. The molecule has 1 aromatic heterocycles. The summed E-state index contributed by atoms with van der Waals surface area (Å²) >= 11 is 0. The molecule has 1 heterocycles. The summed E-state index contributed by atoms with van der Waals surface area (Å²) in [5, 5.41) is 14.1. The molecule has 120 valence electrons. The first-order valence-corrected chi connectivity index (χ1v) is 5.70. The van der Waals surface area contributed by atoms with E-state index in [1.807, 2.05) is 0 Å². The number of halogens is 3. The second-order valence-electron chi connectivity index (χ2n) is 3.88. The van der Waals surface area contributed by atoms with Gasteiger partial charge in [0.2, 0.25) is 5.91 Å². The van der Waals surface area contributed by atoms with Crippen molar-refractivity contribution >= 4 is 17.6 Å². The largest absolute Gasteiger partial charge is 0.481 e. The number of hydrogen-bond donors (Lipinski definition) is 2. The highest BCUT2D eigenvalue weighted by Crippen LogP contribution is 2.18. The first-order valence-electron chi connectivity index (χ1n) is 5.70. The molecule has 0 atom stereocenters. The number of nitrogens with zero attached hydrogens (tertiary/aromatic N) is 2. The molecule has 21 heavy (non-hydrogen) atoms. The Morgan fingerprint density at radius 2 is 2.10 bits per heavy atom. The number of carbonyl (C=O) groups excluding carboxylic acids is 1. The minimum Gasteiger partial charge on any atom is -0.481 e. The summed E-state index contributed by atoms with van der Waals surface area (Å²) in [6.45, 7) is 0.437. The number of rotatable bonds is 5. The number of methoxy groups -OCH3 is 1. The smallest absolute Gasteiger partial charge is 0.399 e. The number of anilines is 1. The third kappa shape index (κ3) is 11.4. The average molecular weight is 311 g/mol. The van der Waals surface area contributed by atoms with Gasteiger partial charge in [-0.25, -0.2) is 0 Å². The van der Waals surface area contributed by atoms with Crippen LogP contribution in [0.1, 0.15) is 12.8 Å². The van der Waals surface area contributed by atoms with Gasteiger partial charge < -0.3 is 15.2 Å². The standard InChI is InChI=1S/C8H13N3O2.C3H3F3O2/c1-11-6-7(5-9-11)10-8(12)3-4-13-2;4-3(5,6)1-2(7)8/h5-6H,3-4H2,1-2H3,(H,10,12);1H2,(H,7,8). The molecule has 0 saturated carbocycles. The van der Waals surface area contributed by atoms with E-state index in [2.05, 4.69) is 10.4 Å². The number of nitrogens with one attached hydrogen (secondary N) is 1. The van der Waals surface area contributed by atoms with Crippen molar-refractivity contribution in [2.24, 2.45) is 7.05 Å². The lowest BCUT2D eigenvalue weighted by molar-refractivity contribution is -0.166. The summed E-state index contributed by atoms with van der Waals surface area (Å²) in [6.07, 6.45) is -2.63. The van der Waals surface area contributed by atoms with Crippen LogP contribution in [-0.2, 0) is 21.4 Å². The predicted molar refractivity (Wildman–Crippen MR) is 66.6 cm³/mol. The minimum absolute atomic E-state index is 0.0603. The number of aromatic nitrogens is 2. The lowest BCUT2D eigenvalue weighted by atomic mass is 10.4. The number of amides is 1. The number of alkyl halides is 3. The maximum atomic E-state index is 11.2. The zero-order valence-corrected chi connectivity index (χ0v) is 11.5. The van der Waals surface area contributed by atoms with Crippen LogP contribution in [0.15, 0.2) is 12.4 Å². The summed E-state index contributed by atoms with van der Waals surface area (Å²) in [5.74, 6) is -1.91. The number of aliphatic carboxylic acids is 1. The van der Waals surface area contributed by atoms with Crippen LogP contribution < -0.4 is 5.32 Å². The van der Waals surface area contributed by atoms with Crippen molar-refractivity contribution in [1.29, 1.82) is 0 Å². The van der Waals surface area contributed by atoms with Gasteiger partial charge in [-0.1, -0.05) is 0 Å². The Balaban J connectivity index is 0.000000433. The molecule has 0 aliphatic heterocycles. The summed E-state index contributed by atoms with van der Waals surface area (Å²) in [7, 11) is 3.36. The van der Waals surface area contributed by atoms with Gasteiger partial charge in [-0.2, -0.15) is 18.3 Å². The van der Waals surface area contributed by atoms with E-state index in [4.69, 9.17) is 9.84 Å². The Hall–Kier alpha value is -2.10. The Labute approximate surface area is 118 Å². The minimum atomic E-state index is -4.58. The van der Waals surface area contributed by atoms with Crippen LogP contribution in [-0.4, -0.2) is 46.7 Å². The van der Waals surface area contributed by atoms with Crippen LogP contribution in [0.2, 0.25) is 0 Å². The Kier molecular flexibility index (Phi) is 8.06. The Morgan fingerprint density at radius 1 is 1.48 bits per heavy atom. The fraction of sp³-hybridized carbons (Fsp3) is 0.545. The molecular weight excluding hydrogens is 295 g/mol. The molecular formula is C11H16F3N3O4. The molecule has 1 rings (SSSR count). The van der Waals surface area contributed by atoms with Crippen LogP contribution in [0.3, 0.4) is 0 Å². The van der Waals surface area contributed by atoms with Gasteiger partial charge in [-0.05, 0) is 0 Å². The van der Waals surface area contributed by atoms with Gasteiger partial charge in [0, 0.05) is 20.4 Å². The molecule has 0 spiro atoms. The number of carboxylic acid groups (broad SMARTS) is 1. The molecule has 0 fully saturated rings. The lowest BCUT2D eigenvalue weighted by Crippen LogP contribution is -2.13. The van der Waals surface area contributed by atoms with Crippen LogP contribution in [0.5, 0.6) is 0 Å². The summed E-state index contributed by atoms with van der Waals surface area (Å²) in [6, 6.07) is 0. The van der Waals surface area contributed by atoms with Crippen LogP contribution in [0.25, 0.3) is 0 Å². The first kappa shape index (κ1) is 18.9. The summed E-state index contributed by atoms with van der Waals surface area (Å²) < 4.78 is 39.2. The fourth-order valence-corrected chi connectivity index (χ4v) is 1.08. The number of aryl methyl sites for hydroxylation is 1. The topological polar surface area (TPSA) is 93.5 Å². The van der Waals surface area contributed by atoms with E-state index in [9.17, 15) is 22.8 Å². The van der Waals surface area contributed by atoms with E-state index in [0.717, 1.165) is 0 Å². The molecule has 1 aromatic rings. The third-order valence-corrected chi connectivity index (χ3v) is 1.87. The molecule has 0 saturated heterocycles. The van der Waals surface area contributed by atoms with Crippen molar-refractivity contribution in [1.82, 2.24) is 9.78 Å². The average Bonchev–Trinajstić information content (AvgIpc) is 2.69. The van der Waals surface area contributed by atoms with Crippen LogP contribution in [0, 0.1) is 0 Å². The molecule has 7 nitrogen and oxygen atoms in total. The highest BCUT2D eigenvalue weighted by Gasteiger charge is 2.30. The number of hydrogen-bond acceptors (Lipinski definition) is 4. The van der Waals surface area contributed by atoms with Gasteiger partial charge in [-0.15, -0.1) is 0 Å². The molecule has 10 heteroatoms. The van der Waals surface area contributed by atoms with Crippen molar-refractivity contribution < 1.29 is 32.6 Å². The van der Waals surface area contributed by atoms with Gasteiger partial charge in [-0.3, -0.25) is 14.3 Å². The van der Waals surface area contributed by atoms with Crippen molar-refractivity contribution in [2.75, 3.05) is 19.0 Å². The van der Waals surface area contributed by atoms with Gasteiger partial charge in [0.25, 0.3) is 0 Å². The van der Waals surface area contributed by atoms with E-state index in [-0.39, 0.29) is 5.91 Å². The zero-order valence-electron chi connectivity index (χ0n) is 11.5. The van der Waals surface area contributed by atoms with Crippen molar-refractivity contribution in [3.63, 3.8) is 0 Å².